The fraction of sp³-hybridized carbons (Fsp3) is 0. The van der Waals surface area contributed by atoms with Crippen molar-refractivity contribution in [2.45, 2.75) is 0 Å². The van der Waals surface area contributed by atoms with Gasteiger partial charge in [0.2, 0.25) is 0 Å². The Hall–Kier alpha value is -5.57. The van der Waals surface area contributed by atoms with Crippen molar-refractivity contribution in [1.82, 2.24) is 0 Å². The average Bonchev–Trinajstić information content (AvgIpc) is 3.15. The van der Waals surface area contributed by atoms with E-state index in [1.807, 2.05) is 91.0 Å². The van der Waals surface area contributed by atoms with Crippen LogP contribution in [0.3, 0.4) is 0 Å². The number of para-hydroxylation sites is 3. The molecule has 7 aromatic carbocycles. The minimum absolute atomic E-state index is 0.680. The van der Waals surface area contributed by atoms with E-state index in [1.165, 1.54) is 21.2 Å². The third-order valence-corrected chi connectivity index (χ3v) is 12.6. The van der Waals surface area contributed by atoms with E-state index in [9.17, 15) is 0 Å². The van der Waals surface area contributed by atoms with Crippen LogP contribution in [0.5, 0.6) is 17.2 Å². The van der Waals surface area contributed by atoms with Crippen LogP contribution in [-0.4, -0.2) is 7.32 Å². The summed E-state index contributed by atoms with van der Waals surface area (Å²) in [5.74, 6) is 2.04. The summed E-state index contributed by atoms with van der Waals surface area (Å²) >= 11 is 0. The minimum atomic E-state index is -2.30. The summed E-state index contributed by atoms with van der Waals surface area (Å²) in [4.78, 5) is 0. The number of rotatable bonds is 10. The Morgan fingerprint density at radius 2 is 0.447 bits per heavy atom. The van der Waals surface area contributed by atoms with Crippen molar-refractivity contribution in [1.29, 1.82) is 0 Å². The van der Waals surface area contributed by atoms with Gasteiger partial charge in [0.25, 0.3) is 0 Å². The molecule has 3 nitrogen and oxygen atoms in total. The Bertz CT molecular complexity index is 1620. The monoisotopic (exact) mass is 630 g/mol. The van der Waals surface area contributed by atoms with E-state index in [0.29, 0.717) is 17.2 Å². The molecular formula is C42H36BO3P. The molecule has 7 aromatic rings. The standard InChI is InChI=1S/C24H21P.C18H15BO3/c1-5-13-21(14-6-1)25(22-15-7-2-8-16-22,23-17-9-3-10-18-23)24-19-11-4-12-20-24;1-4-10-16(11-5-1)20-19(21-17-12-6-2-7-13-17)22-18-14-8-3-9-15-18/h1-20,25H;1-15H. The molecule has 0 radical (unpaired) electrons. The van der Waals surface area contributed by atoms with Crippen molar-refractivity contribution < 1.29 is 14.0 Å². The van der Waals surface area contributed by atoms with Crippen LogP contribution in [-0.2, 0) is 0 Å². The van der Waals surface area contributed by atoms with Crippen LogP contribution in [0.25, 0.3) is 0 Å². The first-order valence-electron chi connectivity index (χ1n) is 15.7. The van der Waals surface area contributed by atoms with Crippen molar-refractivity contribution in [3.05, 3.63) is 212 Å². The molecule has 0 aromatic heterocycles. The van der Waals surface area contributed by atoms with E-state index in [0.717, 1.165) is 0 Å². The molecule has 0 aliphatic carbocycles. The summed E-state index contributed by atoms with van der Waals surface area (Å²) in [6.45, 7) is 0. The molecule has 47 heavy (non-hydrogen) atoms. The first-order chi connectivity index (χ1) is 23.3. The van der Waals surface area contributed by atoms with Gasteiger partial charge in [-0.25, -0.2) is 0 Å². The number of benzene rings is 7. The van der Waals surface area contributed by atoms with E-state index < -0.39 is 14.6 Å². The third kappa shape index (κ3) is 8.00. The van der Waals surface area contributed by atoms with Gasteiger partial charge in [0, 0.05) is 0 Å². The average molecular weight is 631 g/mol. The quantitative estimate of drug-likeness (QED) is 0.113. The van der Waals surface area contributed by atoms with Gasteiger partial charge in [-0.3, -0.25) is 0 Å². The van der Waals surface area contributed by atoms with Gasteiger partial charge in [-0.1, -0.05) is 54.6 Å². The van der Waals surface area contributed by atoms with E-state index in [4.69, 9.17) is 14.0 Å². The first-order valence-corrected chi connectivity index (χ1v) is 17.7. The van der Waals surface area contributed by atoms with Crippen LogP contribution in [0.4, 0.5) is 0 Å². The van der Waals surface area contributed by atoms with Crippen LogP contribution in [0.15, 0.2) is 212 Å². The SMILES string of the molecule is c1ccc(OB(Oc2ccccc2)Oc2ccccc2)cc1.c1ccc([PH](c2ccccc2)(c2ccccc2)c2ccccc2)cc1. The maximum absolute atomic E-state index is 5.78. The van der Waals surface area contributed by atoms with Crippen molar-refractivity contribution in [2.75, 3.05) is 0 Å². The van der Waals surface area contributed by atoms with E-state index in [2.05, 4.69) is 121 Å². The molecule has 0 bridgehead atoms. The topological polar surface area (TPSA) is 27.7 Å². The van der Waals surface area contributed by atoms with Gasteiger partial charge in [-0.15, -0.1) is 0 Å². The fourth-order valence-corrected chi connectivity index (χ4v) is 10.4. The molecule has 5 heteroatoms. The zero-order valence-electron chi connectivity index (χ0n) is 26.0. The molecule has 0 saturated carbocycles. The van der Waals surface area contributed by atoms with Crippen LogP contribution < -0.4 is 35.2 Å². The van der Waals surface area contributed by atoms with E-state index >= 15 is 0 Å². The molecule has 0 fully saturated rings. The Morgan fingerprint density at radius 3 is 0.660 bits per heavy atom. The van der Waals surface area contributed by atoms with Gasteiger partial charge in [0.05, 0.1) is 0 Å². The van der Waals surface area contributed by atoms with Crippen molar-refractivity contribution in [3.63, 3.8) is 0 Å². The molecular weight excluding hydrogens is 594 g/mol. The summed E-state index contributed by atoms with van der Waals surface area (Å²) in [7, 11) is -3.17. The second kappa shape index (κ2) is 16.1. The molecule has 0 unspecified atom stereocenters. The first kappa shape index (κ1) is 31.4. The molecule has 0 aliphatic heterocycles. The normalized spacial score (nSPS) is 10.9. The van der Waals surface area contributed by atoms with Crippen LogP contribution >= 0.6 is 7.26 Å². The summed E-state index contributed by atoms with van der Waals surface area (Å²) in [6, 6.07) is 72.3. The molecule has 0 spiro atoms. The summed E-state index contributed by atoms with van der Waals surface area (Å²) < 4.78 is 17.3. The summed E-state index contributed by atoms with van der Waals surface area (Å²) in [6.07, 6.45) is 0. The zero-order valence-corrected chi connectivity index (χ0v) is 27.0. The van der Waals surface area contributed by atoms with Gasteiger partial charge < -0.3 is 14.0 Å². The molecule has 7 rings (SSSR count). The van der Waals surface area contributed by atoms with Crippen molar-refractivity contribution >= 4 is 35.8 Å². The fourth-order valence-electron chi connectivity index (χ4n) is 5.66. The zero-order chi connectivity index (χ0) is 32.0. The van der Waals surface area contributed by atoms with Crippen molar-refractivity contribution in [2.24, 2.45) is 0 Å². The molecule has 0 amide bonds. The molecule has 0 atom stereocenters. The van der Waals surface area contributed by atoms with Gasteiger partial charge in [-0.05, 0) is 36.4 Å². The van der Waals surface area contributed by atoms with E-state index in [-0.39, 0.29) is 0 Å². The van der Waals surface area contributed by atoms with E-state index in [1.54, 1.807) is 0 Å². The van der Waals surface area contributed by atoms with Crippen LogP contribution in [0.2, 0.25) is 0 Å². The number of hydrogen-bond acceptors (Lipinski definition) is 3. The Balaban J connectivity index is 0.000000166. The third-order valence-electron chi connectivity index (χ3n) is 7.75. The number of hydrogen-bond donors (Lipinski definition) is 0. The van der Waals surface area contributed by atoms with Gasteiger partial charge >= 0.3 is 157 Å². The maximum atomic E-state index is 5.78. The van der Waals surface area contributed by atoms with Crippen molar-refractivity contribution in [3.8, 4) is 17.2 Å². The van der Waals surface area contributed by atoms with Gasteiger partial charge in [0.1, 0.15) is 17.2 Å². The Labute approximate surface area is 278 Å². The molecule has 0 saturated heterocycles. The predicted molar refractivity (Wildman–Crippen MR) is 200 cm³/mol. The second-order valence-corrected chi connectivity index (χ2v) is 14.6. The van der Waals surface area contributed by atoms with Gasteiger partial charge in [0.15, 0.2) is 0 Å². The second-order valence-electron chi connectivity index (χ2n) is 10.8. The Morgan fingerprint density at radius 1 is 0.255 bits per heavy atom. The van der Waals surface area contributed by atoms with Crippen LogP contribution in [0.1, 0.15) is 0 Å². The van der Waals surface area contributed by atoms with Crippen LogP contribution in [0, 0.1) is 0 Å². The summed E-state index contributed by atoms with van der Waals surface area (Å²) in [5.41, 5.74) is 0. The molecule has 0 N–H and O–H groups in total. The predicted octanol–water partition coefficient (Wildman–Crippen LogP) is 8.25. The summed E-state index contributed by atoms with van der Waals surface area (Å²) in [5, 5.41) is 5.66. The molecule has 230 valence electrons. The molecule has 0 heterocycles. The van der Waals surface area contributed by atoms with Gasteiger partial charge in [-0.2, -0.15) is 0 Å². The Kier molecular flexibility index (Phi) is 10.8. The molecule has 0 aliphatic rings.